The Morgan fingerprint density at radius 2 is 1.24 bits per heavy atom. The van der Waals surface area contributed by atoms with E-state index in [1.54, 1.807) is 0 Å². The number of carbonyl (C=O) groups is 1. The first kappa shape index (κ1) is 23.7. The molecular weight excluding hydrogens is 275 g/mol. The van der Waals surface area contributed by atoms with Gasteiger partial charge in [-0.05, 0) is 13.3 Å². The number of aliphatic hydroxyl groups excluding tert-OH is 1. The molecule has 3 nitrogen and oxygen atoms in total. The van der Waals surface area contributed by atoms with Crippen molar-refractivity contribution in [2.45, 2.75) is 97.0 Å². The van der Waals surface area contributed by atoms with Gasteiger partial charge in [-0.3, -0.25) is 0 Å². The molecule has 1 N–H and O–H groups in total. The van der Waals surface area contributed by atoms with E-state index in [0.29, 0.717) is 6.61 Å². The molecule has 21 heavy (non-hydrogen) atoms. The second kappa shape index (κ2) is 18.5. The zero-order chi connectivity index (χ0) is 15.1. The summed E-state index contributed by atoms with van der Waals surface area (Å²) in [5, 5.41) is 8.94. The summed E-state index contributed by atoms with van der Waals surface area (Å²) in [6.07, 6.45) is 14.6. The van der Waals surface area contributed by atoms with Crippen molar-refractivity contribution >= 4 is 35.5 Å². The van der Waals surface area contributed by atoms with E-state index in [1.165, 1.54) is 71.1 Å². The molecule has 0 radical (unpaired) electrons. The van der Waals surface area contributed by atoms with Gasteiger partial charge in [0.15, 0.2) is 0 Å². The molecule has 0 aliphatic rings. The minimum absolute atomic E-state index is 0. The molecule has 4 heteroatoms. The molecule has 0 heterocycles. The molecule has 0 spiro atoms. The van der Waals surface area contributed by atoms with Crippen molar-refractivity contribution < 1.29 is 14.6 Å². The van der Waals surface area contributed by atoms with E-state index in [4.69, 9.17) is 9.84 Å². The van der Waals surface area contributed by atoms with Crippen molar-refractivity contribution in [3.63, 3.8) is 0 Å². The van der Waals surface area contributed by atoms with Gasteiger partial charge in [0.2, 0.25) is 0 Å². The van der Waals surface area contributed by atoms with Gasteiger partial charge in [0.25, 0.3) is 0 Å². The first-order valence-electron chi connectivity index (χ1n) is 8.53. The average Bonchev–Trinajstić information content (AvgIpc) is 2.43. The van der Waals surface area contributed by atoms with Gasteiger partial charge in [-0.15, -0.1) is 0 Å². The molecule has 0 aliphatic carbocycles. The Morgan fingerprint density at radius 3 is 1.62 bits per heavy atom. The molecule has 0 amide bonds. The monoisotopic (exact) mass is 310 g/mol. The summed E-state index contributed by atoms with van der Waals surface area (Å²) in [6.45, 7) is 4.14. The first-order chi connectivity index (χ1) is 9.68. The number of rotatable bonds is 14. The third kappa shape index (κ3) is 18.4. The summed E-state index contributed by atoms with van der Waals surface area (Å²) in [5.74, 6) is -0.506. The Hall–Kier alpha value is 0.430. The molecule has 0 saturated heterocycles. The molecule has 0 bridgehead atoms. The second-order valence-corrected chi connectivity index (χ2v) is 5.73. The van der Waals surface area contributed by atoms with Gasteiger partial charge in [-0.1, -0.05) is 77.6 Å². The third-order valence-electron chi connectivity index (χ3n) is 3.58. The topological polar surface area (TPSA) is 46.5 Å². The minimum atomic E-state index is -0.993. The van der Waals surface area contributed by atoms with Crippen LogP contribution in [0.25, 0.3) is 0 Å². The predicted octanol–water partition coefficient (Wildman–Crippen LogP) is 3.96. The van der Waals surface area contributed by atoms with Crippen LogP contribution in [0.5, 0.6) is 0 Å². The van der Waals surface area contributed by atoms with Gasteiger partial charge in [0, 0.05) is 0 Å². The summed E-state index contributed by atoms with van der Waals surface area (Å²) in [6, 6.07) is 0. The van der Waals surface area contributed by atoms with Gasteiger partial charge < -0.3 is 9.84 Å². The number of hydrogen-bond donors (Lipinski definition) is 1. The summed E-state index contributed by atoms with van der Waals surface area (Å²) < 4.78 is 4.91. The number of carbonyl (C=O) groups excluding carboxylic acids is 1. The second-order valence-electron chi connectivity index (χ2n) is 5.73. The number of ether oxygens (including phenoxy) is 1. The molecular formula is C17H35NaO3. The van der Waals surface area contributed by atoms with Gasteiger partial charge in [-0.2, -0.15) is 0 Å². The Labute approximate surface area is 153 Å². The predicted molar refractivity (Wildman–Crippen MR) is 90.9 cm³/mol. The van der Waals surface area contributed by atoms with E-state index >= 15 is 0 Å². The van der Waals surface area contributed by atoms with Crippen molar-refractivity contribution in [1.29, 1.82) is 0 Å². The van der Waals surface area contributed by atoms with Crippen LogP contribution in [0.15, 0.2) is 0 Å². The van der Waals surface area contributed by atoms with E-state index in [2.05, 4.69) is 6.92 Å². The fraction of sp³-hybridized carbons (Fsp3) is 0.941. The molecule has 0 saturated carbocycles. The van der Waals surface area contributed by atoms with Crippen LogP contribution in [0.3, 0.4) is 0 Å². The van der Waals surface area contributed by atoms with E-state index < -0.39 is 12.1 Å². The fourth-order valence-electron chi connectivity index (χ4n) is 2.24. The number of esters is 1. The summed E-state index contributed by atoms with van der Waals surface area (Å²) in [4.78, 5) is 11.0. The first-order valence-corrected chi connectivity index (χ1v) is 8.53. The van der Waals surface area contributed by atoms with E-state index in [9.17, 15) is 4.79 Å². The van der Waals surface area contributed by atoms with E-state index in [1.807, 2.05) is 0 Å². The van der Waals surface area contributed by atoms with Crippen molar-refractivity contribution in [3.8, 4) is 0 Å². The van der Waals surface area contributed by atoms with Crippen molar-refractivity contribution in [1.82, 2.24) is 0 Å². The van der Waals surface area contributed by atoms with Crippen LogP contribution in [-0.4, -0.2) is 53.3 Å². The molecule has 0 aliphatic heterocycles. The van der Waals surface area contributed by atoms with Crippen LogP contribution in [0.1, 0.15) is 90.9 Å². The molecule has 0 rings (SSSR count). The standard InChI is InChI=1S/C17H34O3.Na.H/c1-3-4-5-6-7-8-9-10-11-12-13-14-15-20-17(19)16(2)18;;/h16,18H,3-15H2,1-2H3;;. The maximum absolute atomic E-state index is 11.0. The number of unbranched alkanes of at least 4 members (excludes halogenated alkanes) is 11. The van der Waals surface area contributed by atoms with Gasteiger partial charge >= 0.3 is 35.5 Å². The maximum atomic E-state index is 11.0. The molecule has 1 atom stereocenters. The zero-order valence-electron chi connectivity index (χ0n) is 13.5. The molecule has 1 unspecified atom stereocenters. The molecule has 0 aromatic heterocycles. The average molecular weight is 310 g/mol. The quantitative estimate of drug-likeness (QED) is 0.300. The number of aliphatic hydroxyl groups is 1. The molecule has 0 aromatic carbocycles. The van der Waals surface area contributed by atoms with Crippen LogP contribution in [-0.2, 0) is 9.53 Å². The van der Waals surface area contributed by atoms with Crippen LogP contribution < -0.4 is 0 Å². The van der Waals surface area contributed by atoms with Gasteiger partial charge in [-0.25, -0.2) is 4.79 Å². The number of hydrogen-bond acceptors (Lipinski definition) is 3. The molecule has 0 fully saturated rings. The molecule has 122 valence electrons. The summed E-state index contributed by atoms with van der Waals surface area (Å²) in [7, 11) is 0. The summed E-state index contributed by atoms with van der Waals surface area (Å²) >= 11 is 0. The van der Waals surface area contributed by atoms with Gasteiger partial charge in [0.1, 0.15) is 6.10 Å². The summed E-state index contributed by atoms with van der Waals surface area (Å²) in [5.41, 5.74) is 0. The Bertz CT molecular complexity index is 220. The Morgan fingerprint density at radius 1 is 0.857 bits per heavy atom. The van der Waals surface area contributed by atoms with Crippen LogP contribution in [0, 0.1) is 0 Å². The van der Waals surface area contributed by atoms with Crippen molar-refractivity contribution in [2.75, 3.05) is 6.61 Å². The van der Waals surface area contributed by atoms with Crippen LogP contribution in [0.2, 0.25) is 0 Å². The Kier molecular flexibility index (Phi) is 20.8. The van der Waals surface area contributed by atoms with Crippen molar-refractivity contribution in [2.24, 2.45) is 0 Å². The Balaban J connectivity index is 0. The zero-order valence-corrected chi connectivity index (χ0v) is 13.5. The van der Waals surface area contributed by atoms with E-state index in [0.717, 1.165) is 12.8 Å². The van der Waals surface area contributed by atoms with Gasteiger partial charge in [0.05, 0.1) is 6.61 Å². The fourth-order valence-corrected chi connectivity index (χ4v) is 2.24. The van der Waals surface area contributed by atoms with Crippen LogP contribution in [0.4, 0.5) is 0 Å². The SMILES string of the molecule is CCCCCCCCCCCCCCOC(=O)C(C)O.[NaH]. The molecule has 0 aromatic rings. The van der Waals surface area contributed by atoms with E-state index in [-0.39, 0.29) is 29.6 Å². The van der Waals surface area contributed by atoms with Crippen LogP contribution >= 0.6 is 0 Å². The van der Waals surface area contributed by atoms with Crippen molar-refractivity contribution in [3.05, 3.63) is 0 Å². The normalized spacial score (nSPS) is 11.8. The third-order valence-corrected chi connectivity index (χ3v) is 3.58.